The number of fused-ring (bicyclic) bond motifs is 2. The van der Waals surface area contributed by atoms with Gasteiger partial charge in [0.1, 0.15) is 0 Å². The maximum atomic E-state index is 12.4. The number of hydrogen-bond acceptors (Lipinski definition) is 5. The van der Waals surface area contributed by atoms with Crippen molar-refractivity contribution in [2.75, 3.05) is 18.6 Å². The van der Waals surface area contributed by atoms with Crippen molar-refractivity contribution in [2.45, 2.75) is 32.1 Å². The van der Waals surface area contributed by atoms with Crippen LogP contribution in [0.25, 0.3) is 0 Å². The summed E-state index contributed by atoms with van der Waals surface area (Å²) in [4.78, 5) is 39.4. The van der Waals surface area contributed by atoms with Crippen molar-refractivity contribution in [2.24, 2.45) is 0 Å². The van der Waals surface area contributed by atoms with Gasteiger partial charge in [-0.1, -0.05) is 0 Å². The molecule has 0 N–H and O–H groups in total. The third-order valence-electron chi connectivity index (χ3n) is 5.09. The molecule has 4 rings (SSSR count). The molecule has 0 radical (unpaired) electrons. The molecule has 1 amide bonds. The Kier molecular flexibility index (Phi) is 4.36. The third-order valence-corrected chi connectivity index (χ3v) is 6.18. The van der Waals surface area contributed by atoms with Crippen molar-refractivity contribution < 1.29 is 19.1 Å². The van der Waals surface area contributed by atoms with E-state index in [0.717, 1.165) is 42.5 Å². The lowest BCUT2D eigenvalue weighted by molar-refractivity contribution is -0.117. The molecule has 1 aliphatic carbocycles. The molecular formula is C20H19NO4S. The summed E-state index contributed by atoms with van der Waals surface area (Å²) >= 11 is 1.60. The smallest absolute Gasteiger partial charge is 0.339 e. The molecule has 2 heterocycles. The maximum absolute atomic E-state index is 12.4. The zero-order valence-electron chi connectivity index (χ0n) is 14.5. The highest BCUT2D eigenvalue weighted by Gasteiger charge is 2.25. The Morgan fingerprint density at radius 3 is 2.88 bits per heavy atom. The first-order valence-corrected chi connectivity index (χ1v) is 9.61. The third kappa shape index (κ3) is 2.94. The maximum Gasteiger partial charge on any atom is 0.339 e. The Bertz CT molecular complexity index is 915. The minimum absolute atomic E-state index is 0.0123. The number of benzene rings is 1. The number of hydrogen-bond donors (Lipinski definition) is 0. The zero-order chi connectivity index (χ0) is 18.3. The molecule has 0 fully saturated rings. The van der Waals surface area contributed by atoms with Gasteiger partial charge in [0.05, 0.1) is 12.0 Å². The Balaban J connectivity index is 1.43. The number of carbonyl (C=O) groups excluding carboxylic acids is 3. The average molecular weight is 369 g/mol. The number of esters is 1. The number of ketones is 1. The van der Waals surface area contributed by atoms with Gasteiger partial charge in [0.15, 0.2) is 12.4 Å². The number of ether oxygens (including phenoxy) is 1. The van der Waals surface area contributed by atoms with E-state index in [1.807, 2.05) is 5.38 Å². The van der Waals surface area contributed by atoms with Crippen LogP contribution in [0.4, 0.5) is 5.69 Å². The van der Waals surface area contributed by atoms with Gasteiger partial charge in [-0.25, -0.2) is 4.79 Å². The predicted octanol–water partition coefficient (Wildman–Crippen LogP) is 3.19. The van der Waals surface area contributed by atoms with Crippen LogP contribution in [0.2, 0.25) is 0 Å². The number of thiophene rings is 1. The first kappa shape index (κ1) is 17.0. The summed E-state index contributed by atoms with van der Waals surface area (Å²) in [6, 6.07) is 5.17. The lowest BCUT2D eigenvalue weighted by atomic mass is 9.96. The van der Waals surface area contributed by atoms with Gasteiger partial charge in [0, 0.05) is 28.6 Å². The molecule has 0 atom stereocenters. The van der Waals surface area contributed by atoms with E-state index < -0.39 is 5.97 Å². The van der Waals surface area contributed by atoms with Gasteiger partial charge in [-0.15, -0.1) is 11.3 Å². The molecule has 0 spiro atoms. The van der Waals surface area contributed by atoms with E-state index in [1.165, 1.54) is 4.88 Å². The number of likely N-dealkylation sites (N-methyl/N-ethyl adjacent to an activating group) is 1. The van der Waals surface area contributed by atoms with Gasteiger partial charge < -0.3 is 9.64 Å². The standard InChI is InChI=1S/C20H19NO4S/c1-21-16-7-6-12(8-13(16)9-19(21)23)17(22)10-25-20(24)15-11-26-18-5-3-2-4-14(15)18/h6-8,11H,2-5,9-10H2,1H3. The van der Waals surface area contributed by atoms with Gasteiger partial charge in [0.2, 0.25) is 5.91 Å². The molecule has 0 saturated carbocycles. The number of anilines is 1. The summed E-state index contributed by atoms with van der Waals surface area (Å²) in [5.41, 5.74) is 3.83. The second kappa shape index (κ2) is 6.68. The number of carbonyl (C=O) groups is 3. The van der Waals surface area contributed by atoms with E-state index >= 15 is 0 Å². The normalized spacial score (nSPS) is 15.6. The van der Waals surface area contributed by atoms with Crippen LogP contribution in [0.15, 0.2) is 23.6 Å². The highest BCUT2D eigenvalue weighted by Crippen LogP contribution is 2.31. The minimum Gasteiger partial charge on any atom is -0.454 e. The Morgan fingerprint density at radius 1 is 1.23 bits per heavy atom. The van der Waals surface area contributed by atoms with Crippen LogP contribution in [0.1, 0.15) is 49.6 Å². The van der Waals surface area contributed by atoms with E-state index in [0.29, 0.717) is 17.5 Å². The van der Waals surface area contributed by atoms with Crippen molar-refractivity contribution in [1.82, 2.24) is 0 Å². The number of rotatable bonds is 4. The number of Topliss-reactive ketones (excluding diaryl/α,β-unsaturated/α-hetero) is 1. The fourth-order valence-corrected chi connectivity index (χ4v) is 4.72. The van der Waals surface area contributed by atoms with E-state index in [9.17, 15) is 14.4 Å². The fourth-order valence-electron chi connectivity index (χ4n) is 3.60. The quantitative estimate of drug-likeness (QED) is 0.613. The fraction of sp³-hybridized carbons (Fsp3) is 0.350. The van der Waals surface area contributed by atoms with E-state index in [4.69, 9.17) is 4.74 Å². The SMILES string of the molecule is CN1C(=O)Cc2cc(C(=O)COC(=O)c3csc4c3CCCC4)ccc21. The molecule has 26 heavy (non-hydrogen) atoms. The summed E-state index contributed by atoms with van der Waals surface area (Å²) < 4.78 is 5.27. The van der Waals surface area contributed by atoms with Crippen molar-refractivity contribution in [3.8, 4) is 0 Å². The van der Waals surface area contributed by atoms with Crippen LogP contribution < -0.4 is 4.90 Å². The van der Waals surface area contributed by atoms with Crippen LogP contribution in [-0.4, -0.2) is 31.3 Å². The summed E-state index contributed by atoms with van der Waals surface area (Å²) in [5.74, 6) is -0.667. The highest BCUT2D eigenvalue weighted by atomic mass is 32.1. The van der Waals surface area contributed by atoms with Crippen LogP contribution in [-0.2, 0) is 28.8 Å². The predicted molar refractivity (Wildman–Crippen MR) is 99.1 cm³/mol. The molecular weight excluding hydrogens is 350 g/mol. The zero-order valence-corrected chi connectivity index (χ0v) is 15.4. The molecule has 5 nitrogen and oxygen atoms in total. The first-order valence-electron chi connectivity index (χ1n) is 8.73. The molecule has 0 saturated heterocycles. The molecule has 0 unspecified atom stereocenters. The van der Waals surface area contributed by atoms with Gasteiger partial charge in [0.25, 0.3) is 0 Å². The van der Waals surface area contributed by atoms with Gasteiger partial charge in [-0.3, -0.25) is 9.59 Å². The van der Waals surface area contributed by atoms with Crippen LogP contribution in [0, 0.1) is 0 Å². The molecule has 2 aliphatic rings. The van der Waals surface area contributed by atoms with Gasteiger partial charge >= 0.3 is 5.97 Å². The molecule has 1 aliphatic heterocycles. The highest BCUT2D eigenvalue weighted by molar-refractivity contribution is 7.10. The Hall–Kier alpha value is -2.47. The molecule has 1 aromatic carbocycles. The van der Waals surface area contributed by atoms with Gasteiger partial charge in [-0.05, 0) is 55.0 Å². The van der Waals surface area contributed by atoms with E-state index in [-0.39, 0.29) is 18.3 Å². The second-order valence-electron chi connectivity index (χ2n) is 6.73. The van der Waals surface area contributed by atoms with Crippen LogP contribution >= 0.6 is 11.3 Å². The lowest BCUT2D eigenvalue weighted by Crippen LogP contribution is -2.20. The average Bonchev–Trinajstić information content (AvgIpc) is 3.20. The van der Waals surface area contributed by atoms with E-state index in [2.05, 4.69) is 0 Å². The molecule has 134 valence electrons. The largest absolute Gasteiger partial charge is 0.454 e. The van der Waals surface area contributed by atoms with Crippen LogP contribution in [0.3, 0.4) is 0 Å². The minimum atomic E-state index is -0.422. The lowest BCUT2D eigenvalue weighted by Gasteiger charge is -2.12. The Labute approximate surface area is 155 Å². The van der Waals surface area contributed by atoms with Crippen molar-refractivity contribution >= 4 is 34.7 Å². The first-order chi connectivity index (χ1) is 12.5. The summed E-state index contributed by atoms with van der Waals surface area (Å²) in [7, 11) is 1.72. The number of nitrogens with zero attached hydrogens (tertiary/aromatic N) is 1. The topological polar surface area (TPSA) is 63.7 Å². The number of amides is 1. The summed E-state index contributed by atoms with van der Waals surface area (Å²) in [6.07, 6.45) is 4.48. The number of aryl methyl sites for hydroxylation is 1. The van der Waals surface area contributed by atoms with Crippen molar-refractivity contribution in [3.05, 3.63) is 50.7 Å². The second-order valence-corrected chi connectivity index (χ2v) is 7.69. The Morgan fingerprint density at radius 2 is 2.04 bits per heavy atom. The van der Waals surface area contributed by atoms with Gasteiger partial charge in [-0.2, -0.15) is 0 Å². The van der Waals surface area contributed by atoms with Crippen LogP contribution in [0.5, 0.6) is 0 Å². The van der Waals surface area contributed by atoms with Crippen molar-refractivity contribution in [1.29, 1.82) is 0 Å². The molecule has 1 aromatic heterocycles. The molecule has 6 heteroatoms. The van der Waals surface area contributed by atoms with Crippen molar-refractivity contribution in [3.63, 3.8) is 0 Å². The molecule has 2 aromatic rings. The summed E-state index contributed by atoms with van der Waals surface area (Å²) in [5, 5.41) is 1.85. The summed E-state index contributed by atoms with van der Waals surface area (Å²) in [6.45, 7) is -0.286. The molecule has 0 bridgehead atoms. The monoisotopic (exact) mass is 369 g/mol. The van der Waals surface area contributed by atoms with E-state index in [1.54, 1.807) is 41.5 Å².